The molecular formula is C61H112O6. The second-order valence-corrected chi connectivity index (χ2v) is 19.9. The Balaban J connectivity index is 4.26. The fraction of sp³-hybridized carbons (Fsp3) is 0.852. The van der Waals surface area contributed by atoms with Crippen molar-refractivity contribution in [2.75, 3.05) is 13.2 Å². The predicted octanol–water partition coefficient (Wildman–Crippen LogP) is 19.7. The highest BCUT2D eigenvalue weighted by Gasteiger charge is 2.19. The van der Waals surface area contributed by atoms with Crippen molar-refractivity contribution in [1.29, 1.82) is 0 Å². The van der Waals surface area contributed by atoms with E-state index in [9.17, 15) is 14.4 Å². The van der Waals surface area contributed by atoms with Crippen molar-refractivity contribution in [2.24, 2.45) is 0 Å². The minimum absolute atomic E-state index is 0.0731. The molecule has 67 heavy (non-hydrogen) atoms. The molecule has 1 atom stereocenters. The van der Waals surface area contributed by atoms with Gasteiger partial charge in [-0.3, -0.25) is 14.4 Å². The van der Waals surface area contributed by atoms with Crippen LogP contribution in [0.3, 0.4) is 0 Å². The zero-order valence-electron chi connectivity index (χ0n) is 44.9. The Morgan fingerprint density at radius 3 is 0.910 bits per heavy atom. The molecule has 0 aliphatic carbocycles. The fourth-order valence-electron chi connectivity index (χ4n) is 8.63. The van der Waals surface area contributed by atoms with Crippen molar-refractivity contribution in [3.63, 3.8) is 0 Å². The molecule has 0 unspecified atom stereocenters. The van der Waals surface area contributed by atoms with Gasteiger partial charge >= 0.3 is 17.9 Å². The zero-order valence-corrected chi connectivity index (χ0v) is 44.9. The van der Waals surface area contributed by atoms with Crippen LogP contribution in [0.1, 0.15) is 316 Å². The molecule has 0 fully saturated rings. The molecule has 0 amide bonds. The molecule has 0 saturated carbocycles. The third kappa shape index (κ3) is 54.4. The van der Waals surface area contributed by atoms with Crippen LogP contribution in [0.4, 0.5) is 0 Å². The van der Waals surface area contributed by atoms with Crippen molar-refractivity contribution in [1.82, 2.24) is 0 Å². The number of esters is 3. The summed E-state index contributed by atoms with van der Waals surface area (Å²) < 4.78 is 16.9. The third-order valence-electron chi connectivity index (χ3n) is 13.1. The first-order valence-electron chi connectivity index (χ1n) is 29.5. The summed E-state index contributed by atoms with van der Waals surface area (Å²) in [7, 11) is 0. The van der Waals surface area contributed by atoms with E-state index in [-0.39, 0.29) is 31.1 Å². The van der Waals surface area contributed by atoms with E-state index in [0.29, 0.717) is 19.3 Å². The van der Waals surface area contributed by atoms with E-state index in [4.69, 9.17) is 14.2 Å². The molecule has 0 aromatic heterocycles. The highest BCUT2D eigenvalue weighted by Crippen LogP contribution is 2.17. The Morgan fingerprint density at radius 1 is 0.299 bits per heavy atom. The third-order valence-corrected chi connectivity index (χ3v) is 13.1. The molecule has 0 bridgehead atoms. The Bertz CT molecular complexity index is 1130. The fourth-order valence-corrected chi connectivity index (χ4v) is 8.63. The number of carbonyl (C=O) groups excluding carboxylic acids is 3. The van der Waals surface area contributed by atoms with Gasteiger partial charge in [-0.25, -0.2) is 0 Å². The second kappa shape index (κ2) is 56.2. The van der Waals surface area contributed by atoms with E-state index in [1.165, 1.54) is 199 Å². The topological polar surface area (TPSA) is 78.9 Å². The Labute approximate surface area is 416 Å². The minimum Gasteiger partial charge on any atom is -0.462 e. The molecule has 0 spiro atoms. The number of hydrogen-bond donors (Lipinski definition) is 0. The minimum atomic E-state index is -0.775. The lowest BCUT2D eigenvalue weighted by Gasteiger charge is -2.18. The summed E-state index contributed by atoms with van der Waals surface area (Å²) in [6, 6.07) is 0. The highest BCUT2D eigenvalue weighted by molar-refractivity contribution is 5.71. The predicted molar refractivity (Wildman–Crippen MR) is 289 cm³/mol. The lowest BCUT2D eigenvalue weighted by atomic mass is 10.0. The normalized spacial score (nSPS) is 12.2. The molecule has 0 aliphatic heterocycles. The maximum atomic E-state index is 12.8. The number of ether oxygens (including phenoxy) is 3. The smallest absolute Gasteiger partial charge is 0.306 e. The molecule has 0 rings (SSSR count). The summed E-state index contributed by atoms with van der Waals surface area (Å²) in [5.41, 5.74) is 0. The van der Waals surface area contributed by atoms with Crippen LogP contribution >= 0.6 is 0 Å². The van der Waals surface area contributed by atoms with Gasteiger partial charge in [0, 0.05) is 19.3 Å². The van der Waals surface area contributed by atoms with E-state index in [2.05, 4.69) is 57.2 Å². The molecule has 0 aromatic carbocycles. The first-order valence-corrected chi connectivity index (χ1v) is 29.5. The average Bonchev–Trinajstić information content (AvgIpc) is 3.33. The molecule has 6 heteroatoms. The summed E-state index contributed by atoms with van der Waals surface area (Å²) in [5.74, 6) is -0.870. The van der Waals surface area contributed by atoms with Gasteiger partial charge in [-0.1, -0.05) is 263 Å². The summed E-state index contributed by atoms with van der Waals surface area (Å²) in [6.07, 6.45) is 67.1. The first-order chi connectivity index (χ1) is 33.0. The molecule has 0 aromatic rings. The summed E-state index contributed by atoms with van der Waals surface area (Å²) in [4.78, 5) is 38.1. The molecule has 6 nitrogen and oxygen atoms in total. The number of hydrogen-bond acceptors (Lipinski definition) is 6. The molecule has 0 aliphatic rings. The standard InChI is InChI=1S/C61H112O6/c1-4-7-10-13-16-19-22-24-26-28-30-32-34-36-39-41-44-47-50-53-59(62)65-56-58(67-61(64)55-52-49-46-43-38-21-18-15-12-9-6-3)57-66-60(63)54-51-48-45-42-40-37-35-33-31-29-27-25-23-20-17-14-11-8-5-2/h15-16,18-19,24,26,58H,4-14,17,20-23,25,27-57H2,1-3H3/b18-15-,19-16-,26-24-/t58-/m1/s1. The molecule has 0 radical (unpaired) electrons. The van der Waals surface area contributed by atoms with Crippen molar-refractivity contribution >= 4 is 17.9 Å². The zero-order chi connectivity index (χ0) is 48.6. The number of rotatable bonds is 54. The quantitative estimate of drug-likeness (QED) is 0.0262. The van der Waals surface area contributed by atoms with Crippen molar-refractivity contribution in [2.45, 2.75) is 322 Å². The van der Waals surface area contributed by atoms with Gasteiger partial charge in [-0.05, 0) is 70.6 Å². The number of unbranched alkanes of at least 4 members (excludes halogenated alkanes) is 37. The maximum Gasteiger partial charge on any atom is 0.306 e. The Hall–Kier alpha value is -2.37. The summed E-state index contributed by atoms with van der Waals surface area (Å²) in [5, 5.41) is 0. The molecule has 0 saturated heterocycles. The van der Waals surface area contributed by atoms with Crippen molar-refractivity contribution in [3.05, 3.63) is 36.5 Å². The van der Waals surface area contributed by atoms with Gasteiger partial charge < -0.3 is 14.2 Å². The lowest BCUT2D eigenvalue weighted by molar-refractivity contribution is -0.167. The van der Waals surface area contributed by atoms with Crippen LogP contribution < -0.4 is 0 Å². The van der Waals surface area contributed by atoms with Gasteiger partial charge in [0.2, 0.25) is 0 Å². The van der Waals surface area contributed by atoms with Crippen LogP contribution in [0.2, 0.25) is 0 Å². The average molecular weight is 942 g/mol. The summed E-state index contributed by atoms with van der Waals surface area (Å²) in [6.45, 7) is 6.61. The van der Waals surface area contributed by atoms with Crippen LogP contribution in [-0.2, 0) is 28.6 Å². The number of allylic oxidation sites excluding steroid dienone is 6. The highest BCUT2D eigenvalue weighted by atomic mass is 16.6. The van der Waals surface area contributed by atoms with Gasteiger partial charge in [0.05, 0.1) is 0 Å². The van der Waals surface area contributed by atoms with Crippen LogP contribution in [0, 0.1) is 0 Å². The first kappa shape index (κ1) is 64.6. The van der Waals surface area contributed by atoms with Crippen LogP contribution in [0.25, 0.3) is 0 Å². The van der Waals surface area contributed by atoms with Gasteiger partial charge in [-0.15, -0.1) is 0 Å². The van der Waals surface area contributed by atoms with Crippen LogP contribution in [0.5, 0.6) is 0 Å². The van der Waals surface area contributed by atoms with E-state index >= 15 is 0 Å². The van der Waals surface area contributed by atoms with Gasteiger partial charge in [-0.2, -0.15) is 0 Å². The van der Waals surface area contributed by atoms with Gasteiger partial charge in [0.25, 0.3) is 0 Å². The Morgan fingerprint density at radius 2 is 0.552 bits per heavy atom. The molecule has 0 heterocycles. The van der Waals surface area contributed by atoms with Crippen LogP contribution in [0.15, 0.2) is 36.5 Å². The maximum absolute atomic E-state index is 12.8. The molecular weight excluding hydrogens is 829 g/mol. The molecule has 392 valence electrons. The van der Waals surface area contributed by atoms with E-state index in [0.717, 1.165) is 77.0 Å². The largest absolute Gasteiger partial charge is 0.462 e. The Kier molecular flexibility index (Phi) is 54.2. The summed E-state index contributed by atoms with van der Waals surface area (Å²) >= 11 is 0. The van der Waals surface area contributed by atoms with E-state index < -0.39 is 6.10 Å². The van der Waals surface area contributed by atoms with Crippen LogP contribution in [-0.4, -0.2) is 37.2 Å². The SMILES string of the molecule is CCCC/C=C\CCCCCCCC(=O)O[C@H](COC(=O)CCCCCCCCCCC/C=C\C/C=C\CCCCC)COC(=O)CCCCCCCCCCCCCCCCCCCCC. The monoisotopic (exact) mass is 941 g/mol. The lowest BCUT2D eigenvalue weighted by Crippen LogP contribution is -2.30. The van der Waals surface area contributed by atoms with E-state index in [1.54, 1.807) is 0 Å². The van der Waals surface area contributed by atoms with Crippen molar-refractivity contribution < 1.29 is 28.6 Å². The van der Waals surface area contributed by atoms with Gasteiger partial charge in [0.1, 0.15) is 13.2 Å². The van der Waals surface area contributed by atoms with E-state index in [1.807, 2.05) is 0 Å². The van der Waals surface area contributed by atoms with Gasteiger partial charge in [0.15, 0.2) is 6.10 Å². The second-order valence-electron chi connectivity index (χ2n) is 19.9. The number of carbonyl (C=O) groups is 3. The van der Waals surface area contributed by atoms with Crippen molar-refractivity contribution in [3.8, 4) is 0 Å². The molecule has 0 N–H and O–H groups in total.